The Hall–Kier alpha value is -1.39. The lowest BCUT2D eigenvalue weighted by Crippen LogP contribution is -2.07. The van der Waals surface area contributed by atoms with Crippen LogP contribution in [0.2, 0.25) is 0 Å². The van der Waals surface area contributed by atoms with E-state index in [9.17, 15) is 5.11 Å². The summed E-state index contributed by atoms with van der Waals surface area (Å²) in [6.45, 7) is 1.80. The van der Waals surface area contributed by atoms with Crippen molar-refractivity contribution in [2.45, 2.75) is 18.3 Å². The van der Waals surface area contributed by atoms with Crippen LogP contribution in [0.3, 0.4) is 0 Å². The summed E-state index contributed by atoms with van der Waals surface area (Å²) in [5.41, 5.74) is 2.17. The number of aliphatic hydroxyl groups excluding tert-OH is 1. The van der Waals surface area contributed by atoms with Gasteiger partial charge in [0.1, 0.15) is 6.33 Å². The third-order valence-corrected chi connectivity index (χ3v) is 4.00. The summed E-state index contributed by atoms with van der Waals surface area (Å²) in [4.78, 5) is 8.27. The molecule has 0 saturated heterocycles. The third-order valence-electron chi connectivity index (χ3n) is 2.48. The Morgan fingerprint density at radius 3 is 2.61 bits per heavy atom. The van der Waals surface area contributed by atoms with Crippen LogP contribution >= 0.6 is 11.8 Å². The molecule has 2 atom stereocenters. The van der Waals surface area contributed by atoms with Gasteiger partial charge in [0.15, 0.2) is 0 Å². The summed E-state index contributed by atoms with van der Waals surface area (Å²) in [6, 6.07) is 12.1. The maximum atomic E-state index is 9.44. The second-order valence-corrected chi connectivity index (χ2v) is 5.25. The van der Waals surface area contributed by atoms with Gasteiger partial charge < -0.3 is 5.11 Å². The molecule has 0 bridgehead atoms. The molecular formula is C14H16N2OS. The van der Waals surface area contributed by atoms with Crippen LogP contribution in [0.1, 0.15) is 23.4 Å². The average molecular weight is 260 g/mol. The van der Waals surface area contributed by atoms with Crippen molar-refractivity contribution in [3.63, 3.8) is 0 Å². The largest absolute Gasteiger partial charge is 0.393 e. The molecule has 1 heterocycles. The van der Waals surface area contributed by atoms with Crippen LogP contribution in [-0.2, 0) is 0 Å². The van der Waals surface area contributed by atoms with Gasteiger partial charge in [-0.05, 0) is 18.6 Å². The molecule has 2 unspecified atom stereocenters. The molecule has 2 aromatic rings. The van der Waals surface area contributed by atoms with Crippen LogP contribution < -0.4 is 0 Å². The van der Waals surface area contributed by atoms with E-state index in [1.807, 2.05) is 24.3 Å². The van der Waals surface area contributed by atoms with E-state index < -0.39 is 0 Å². The Labute approximate surface area is 111 Å². The summed E-state index contributed by atoms with van der Waals surface area (Å²) in [7, 11) is 0. The minimum Gasteiger partial charge on any atom is -0.393 e. The SMILES string of the molecule is CC(O)CSC(c1ccccc1)c1ccncn1. The lowest BCUT2D eigenvalue weighted by atomic mass is 10.1. The fourth-order valence-electron chi connectivity index (χ4n) is 1.67. The van der Waals surface area contributed by atoms with Crippen LogP contribution in [0.4, 0.5) is 0 Å². The van der Waals surface area contributed by atoms with Crippen molar-refractivity contribution in [1.29, 1.82) is 0 Å². The zero-order valence-electron chi connectivity index (χ0n) is 10.2. The van der Waals surface area contributed by atoms with Crippen LogP contribution in [0.25, 0.3) is 0 Å². The van der Waals surface area contributed by atoms with Gasteiger partial charge in [0.2, 0.25) is 0 Å². The monoisotopic (exact) mass is 260 g/mol. The summed E-state index contributed by atoms with van der Waals surface area (Å²) in [5.74, 6) is 0.684. The van der Waals surface area contributed by atoms with Gasteiger partial charge in [0.25, 0.3) is 0 Å². The number of hydrogen-bond donors (Lipinski definition) is 1. The minimum atomic E-state index is -0.317. The van der Waals surface area contributed by atoms with Crippen molar-refractivity contribution in [3.8, 4) is 0 Å². The third kappa shape index (κ3) is 3.55. The smallest absolute Gasteiger partial charge is 0.115 e. The summed E-state index contributed by atoms with van der Waals surface area (Å²) in [6.07, 6.45) is 3.00. The first kappa shape index (κ1) is 13.1. The van der Waals surface area contributed by atoms with Crippen molar-refractivity contribution in [3.05, 3.63) is 60.2 Å². The molecule has 0 radical (unpaired) electrons. The van der Waals surface area contributed by atoms with E-state index in [1.165, 1.54) is 5.56 Å². The van der Waals surface area contributed by atoms with Crippen LogP contribution in [-0.4, -0.2) is 26.9 Å². The Bertz CT molecular complexity index is 422. The van der Waals surface area contributed by atoms with Gasteiger partial charge in [-0.2, -0.15) is 0 Å². The first-order valence-electron chi connectivity index (χ1n) is 5.88. The van der Waals surface area contributed by atoms with Gasteiger partial charge in [-0.25, -0.2) is 9.97 Å². The highest BCUT2D eigenvalue weighted by atomic mass is 32.2. The predicted molar refractivity (Wildman–Crippen MR) is 74.5 cm³/mol. The highest BCUT2D eigenvalue weighted by molar-refractivity contribution is 7.99. The lowest BCUT2D eigenvalue weighted by molar-refractivity contribution is 0.220. The number of thioether (sulfide) groups is 1. The highest BCUT2D eigenvalue weighted by Gasteiger charge is 2.16. The first-order valence-corrected chi connectivity index (χ1v) is 6.93. The molecule has 2 rings (SSSR count). The second-order valence-electron chi connectivity index (χ2n) is 4.11. The Kier molecular flexibility index (Phi) is 4.73. The van der Waals surface area contributed by atoms with E-state index in [4.69, 9.17) is 0 Å². The zero-order valence-corrected chi connectivity index (χ0v) is 11.0. The fourth-order valence-corrected chi connectivity index (χ4v) is 2.80. The van der Waals surface area contributed by atoms with E-state index >= 15 is 0 Å². The molecule has 4 heteroatoms. The molecule has 0 amide bonds. The van der Waals surface area contributed by atoms with Crippen molar-refractivity contribution in [2.24, 2.45) is 0 Å². The van der Waals surface area contributed by atoms with Gasteiger partial charge in [-0.3, -0.25) is 0 Å². The van der Waals surface area contributed by atoms with E-state index in [2.05, 4.69) is 22.1 Å². The Balaban J connectivity index is 2.24. The molecule has 0 aliphatic carbocycles. The van der Waals surface area contributed by atoms with E-state index in [0.717, 1.165) is 5.69 Å². The molecule has 0 aliphatic heterocycles. The summed E-state index contributed by atoms with van der Waals surface area (Å²) in [5, 5.41) is 9.58. The lowest BCUT2D eigenvalue weighted by Gasteiger charge is -2.17. The van der Waals surface area contributed by atoms with Crippen molar-refractivity contribution in [2.75, 3.05) is 5.75 Å². The Morgan fingerprint density at radius 2 is 2.00 bits per heavy atom. The molecule has 0 saturated carbocycles. The molecule has 0 spiro atoms. The van der Waals surface area contributed by atoms with Crippen molar-refractivity contribution >= 4 is 11.8 Å². The van der Waals surface area contributed by atoms with Crippen molar-refractivity contribution in [1.82, 2.24) is 9.97 Å². The van der Waals surface area contributed by atoms with Gasteiger partial charge in [0.05, 0.1) is 17.0 Å². The van der Waals surface area contributed by atoms with Gasteiger partial charge in [-0.1, -0.05) is 30.3 Å². The van der Waals surface area contributed by atoms with E-state index in [-0.39, 0.29) is 11.4 Å². The van der Waals surface area contributed by atoms with Gasteiger partial charge in [0, 0.05) is 11.9 Å². The molecule has 3 nitrogen and oxygen atoms in total. The van der Waals surface area contributed by atoms with Gasteiger partial charge in [-0.15, -0.1) is 11.8 Å². The van der Waals surface area contributed by atoms with E-state index in [1.54, 1.807) is 31.2 Å². The predicted octanol–water partition coefficient (Wildman–Crippen LogP) is 2.68. The Morgan fingerprint density at radius 1 is 1.22 bits per heavy atom. The van der Waals surface area contributed by atoms with Crippen molar-refractivity contribution < 1.29 is 5.11 Å². The first-order chi connectivity index (χ1) is 8.77. The van der Waals surface area contributed by atoms with E-state index in [0.29, 0.717) is 5.75 Å². The van der Waals surface area contributed by atoms with Gasteiger partial charge >= 0.3 is 0 Å². The highest BCUT2D eigenvalue weighted by Crippen LogP contribution is 2.34. The summed E-state index contributed by atoms with van der Waals surface area (Å²) < 4.78 is 0. The molecule has 1 N–H and O–H groups in total. The van der Waals surface area contributed by atoms with Crippen LogP contribution in [0.5, 0.6) is 0 Å². The minimum absolute atomic E-state index is 0.142. The average Bonchev–Trinajstić information content (AvgIpc) is 2.41. The molecule has 0 fully saturated rings. The number of rotatable bonds is 5. The van der Waals surface area contributed by atoms with Crippen LogP contribution in [0, 0.1) is 0 Å². The number of nitrogens with zero attached hydrogens (tertiary/aromatic N) is 2. The molecule has 94 valence electrons. The normalized spacial score (nSPS) is 14.1. The second kappa shape index (κ2) is 6.52. The molecular weight excluding hydrogens is 244 g/mol. The maximum Gasteiger partial charge on any atom is 0.115 e. The van der Waals surface area contributed by atoms with Crippen LogP contribution in [0.15, 0.2) is 48.9 Å². The molecule has 0 aliphatic rings. The number of aliphatic hydroxyl groups is 1. The maximum absolute atomic E-state index is 9.44. The molecule has 1 aromatic heterocycles. The number of aromatic nitrogens is 2. The number of benzene rings is 1. The standard InChI is InChI=1S/C14H16N2OS/c1-11(17)9-18-14(12-5-3-2-4-6-12)13-7-8-15-10-16-13/h2-8,10-11,14,17H,9H2,1H3. The molecule has 18 heavy (non-hydrogen) atoms. The quantitative estimate of drug-likeness (QED) is 0.898. The summed E-state index contributed by atoms with van der Waals surface area (Å²) >= 11 is 1.70. The molecule has 1 aromatic carbocycles. The number of hydrogen-bond acceptors (Lipinski definition) is 4. The fraction of sp³-hybridized carbons (Fsp3) is 0.286. The zero-order chi connectivity index (χ0) is 12.8. The topological polar surface area (TPSA) is 46.0 Å².